The maximum absolute atomic E-state index is 5.73. The topological polar surface area (TPSA) is 64.7 Å². The molecule has 2 rings (SSSR count). The van der Waals surface area contributed by atoms with Crippen molar-refractivity contribution in [3.63, 3.8) is 0 Å². The number of nitrogens with two attached hydrogens (primary N) is 1. The molecule has 0 saturated carbocycles. The zero-order valence-corrected chi connectivity index (χ0v) is 9.29. The van der Waals surface area contributed by atoms with E-state index in [0.29, 0.717) is 11.6 Å². The van der Waals surface area contributed by atoms with Crippen molar-refractivity contribution >= 4 is 17.2 Å². The van der Waals surface area contributed by atoms with Gasteiger partial charge >= 0.3 is 0 Å². The SMILES string of the molecule is CCCc1cc(N)nc(-c2cncs2)n1. The van der Waals surface area contributed by atoms with Crippen LogP contribution in [0.4, 0.5) is 5.82 Å². The fourth-order valence-corrected chi connectivity index (χ4v) is 1.89. The van der Waals surface area contributed by atoms with Crippen LogP contribution in [0, 0.1) is 0 Å². The molecule has 0 aliphatic heterocycles. The summed E-state index contributed by atoms with van der Waals surface area (Å²) in [6.45, 7) is 2.12. The number of aryl methyl sites for hydroxylation is 1. The minimum absolute atomic E-state index is 0.525. The highest BCUT2D eigenvalue weighted by Gasteiger charge is 2.06. The first-order valence-electron chi connectivity index (χ1n) is 4.82. The van der Waals surface area contributed by atoms with E-state index in [1.807, 2.05) is 6.07 Å². The van der Waals surface area contributed by atoms with Crippen LogP contribution in [0.15, 0.2) is 17.8 Å². The number of nitrogens with zero attached hydrogens (tertiary/aromatic N) is 3. The molecule has 4 nitrogen and oxygen atoms in total. The Hall–Kier alpha value is -1.49. The van der Waals surface area contributed by atoms with Gasteiger partial charge in [0.15, 0.2) is 5.82 Å². The van der Waals surface area contributed by atoms with Crippen molar-refractivity contribution in [1.82, 2.24) is 15.0 Å². The zero-order valence-electron chi connectivity index (χ0n) is 8.47. The first-order valence-corrected chi connectivity index (χ1v) is 5.70. The zero-order chi connectivity index (χ0) is 10.7. The van der Waals surface area contributed by atoms with Crippen LogP contribution < -0.4 is 5.73 Å². The lowest BCUT2D eigenvalue weighted by molar-refractivity contribution is 0.877. The predicted octanol–water partition coefficient (Wildman–Crippen LogP) is 2.13. The van der Waals surface area contributed by atoms with Crippen LogP contribution in [0.25, 0.3) is 10.7 Å². The summed E-state index contributed by atoms with van der Waals surface area (Å²) in [6, 6.07) is 1.83. The summed E-state index contributed by atoms with van der Waals surface area (Å²) >= 11 is 1.52. The molecular weight excluding hydrogens is 208 g/mol. The third kappa shape index (κ3) is 2.30. The van der Waals surface area contributed by atoms with Crippen molar-refractivity contribution in [3.05, 3.63) is 23.5 Å². The number of aromatic nitrogens is 3. The Balaban J connectivity index is 2.40. The van der Waals surface area contributed by atoms with Crippen LogP contribution in [0.1, 0.15) is 19.0 Å². The maximum Gasteiger partial charge on any atom is 0.173 e. The van der Waals surface area contributed by atoms with Gasteiger partial charge in [0.1, 0.15) is 5.82 Å². The maximum atomic E-state index is 5.73. The Labute approximate surface area is 92.2 Å². The Morgan fingerprint density at radius 3 is 2.93 bits per heavy atom. The van der Waals surface area contributed by atoms with E-state index in [4.69, 9.17) is 5.73 Å². The van der Waals surface area contributed by atoms with E-state index in [0.717, 1.165) is 23.4 Å². The number of hydrogen-bond donors (Lipinski definition) is 1. The van der Waals surface area contributed by atoms with Crippen LogP contribution >= 0.6 is 11.3 Å². The van der Waals surface area contributed by atoms with Gasteiger partial charge in [0.2, 0.25) is 0 Å². The molecule has 0 unspecified atom stereocenters. The van der Waals surface area contributed by atoms with Crippen molar-refractivity contribution in [2.24, 2.45) is 0 Å². The standard InChI is InChI=1S/C10H12N4S/c1-2-3-7-4-9(11)14-10(13-7)8-5-12-6-15-8/h4-6H,2-3H2,1H3,(H2,11,13,14). The summed E-state index contributed by atoms with van der Waals surface area (Å²) in [6.07, 6.45) is 3.74. The van der Waals surface area contributed by atoms with Gasteiger partial charge in [-0.25, -0.2) is 9.97 Å². The quantitative estimate of drug-likeness (QED) is 0.860. The van der Waals surface area contributed by atoms with Crippen LogP contribution in [0.2, 0.25) is 0 Å². The number of nitrogen functional groups attached to an aromatic ring is 1. The average molecular weight is 220 g/mol. The fraction of sp³-hybridized carbons (Fsp3) is 0.300. The third-order valence-electron chi connectivity index (χ3n) is 1.96. The second-order valence-electron chi connectivity index (χ2n) is 3.22. The first-order chi connectivity index (χ1) is 7.29. The monoisotopic (exact) mass is 220 g/mol. The van der Waals surface area contributed by atoms with Crippen molar-refractivity contribution in [2.45, 2.75) is 19.8 Å². The van der Waals surface area contributed by atoms with Gasteiger partial charge < -0.3 is 5.73 Å². The number of hydrogen-bond acceptors (Lipinski definition) is 5. The van der Waals surface area contributed by atoms with E-state index >= 15 is 0 Å². The number of anilines is 1. The largest absolute Gasteiger partial charge is 0.384 e. The Morgan fingerprint density at radius 2 is 2.27 bits per heavy atom. The van der Waals surface area contributed by atoms with Crippen molar-refractivity contribution in [2.75, 3.05) is 5.73 Å². The normalized spacial score (nSPS) is 10.5. The van der Waals surface area contributed by atoms with Gasteiger partial charge in [-0.15, -0.1) is 11.3 Å². The van der Waals surface area contributed by atoms with E-state index < -0.39 is 0 Å². The minimum atomic E-state index is 0.525. The molecule has 2 heterocycles. The molecule has 5 heteroatoms. The fourth-order valence-electron chi connectivity index (χ4n) is 1.34. The second-order valence-corrected chi connectivity index (χ2v) is 4.11. The van der Waals surface area contributed by atoms with Gasteiger partial charge in [-0.3, -0.25) is 4.98 Å². The first kappa shape index (κ1) is 10.0. The Morgan fingerprint density at radius 1 is 1.40 bits per heavy atom. The molecule has 0 bridgehead atoms. The van der Waals surface area contributed by atoms with Gasteiger partial charge in [0.25, 0.3) is 0 Å². The Kier molecular flexibility index (Phi) is 2.91. The van der Waals surface area contributed by atoms with Crippen molar-refractivity contribution in [1.29, 1.82) is 0 Å². The summed E-state index contributed by atoms with van der Waals surface area (Å²) in [5, 5.41) is 0. The molecule has 78 valence electrons. The second kappa shape index (κ2) is 4.35. The molecule has 2 N–H and O–H groups in total. The highest BCUT2D eigenvalue weighted by molar-refractivity contribution is 7.13. The number of rotatable bonds is 3. The average Bonchev–Trinajstić information content (AvgIpc) is 2.70. The van der Waals surface area contributed by atoms with Crippen LogP contribution in [0.3, 0.4) is 0 Å². The van der Waals surface area contributed by atoms with E-state index in [9.17, 15) is 0 Å². The van der Waals surface area contributed by atoms with E-state index in [2.05, 4.69) is 21.9 Å². The van der Waals surface area contributed by atoms with Crippen LogP contribution in [-0.4, -0.2) is 15.0 Å². The lowest BCUT2D eigenvalue weighted by Crippen LogP contribution is -1.99. The number of thiazole rings is 1. The summed E-state index contributed by atoms with van der Waals surface area (Å²) < 4.78 is 0. The van der Waals surface area contributed by atoms with Gasteiger partial charge in [0, 0.05) is 18.0 Å². The molecule has 0 aliphatic rings. The molecule has 2 aromatic rings. The molecular formula is C10H12N4S. The molecule has 15 heavy (non-hydrogen) atoms. The molecule has 0 aromatic carbocycles. The highest BCUT2D eigenvalue weighted by atomic mass is 32.1. The van der Waals surface area contributed by atoms with Crippen molar-refractivity contribution in [3.8, 4) is 10.7 Å². The van der Waals surface area contributed by atoms with Gasteiger partial charge in [0.05, 0.1) is 10.4 Å². The predicted molar refractivity (Wildman–Crippen MR) is 61.5 cm³/mol. The smallest absolute Gasteiger partial charge is 0.173 e. The lowest BCUT2D eigenvalue weighted by atomic mass is 10.2. The van der Waals surface area contributed by atoms with E-state index in [1.54, 1.807) is 11.7 Å². The van der Waals surface area contributed by atoms with Crippen LogP contribution in [-0.2, 0) is 6.42 Å². The molecule has 0 saturated heterocycles. The summed E-state index contributed by atoms with van der Waals surface area (Å²) in [7, 11) is 0. The third-order valence-corrected chi connectivity index (χ3v) is 2.73. The van der Waals surface area contributed by atoms with E-state index in [1.165, 1.54) is 11.3 Å². The van der Waals surface area contributed by atoms with Gasteiger partial charge in [-0.2, -0.15) is 0 Å². The van der Waals surface area contributed by atoms with Crippen molar-refractivity contribution < 1.29 is 0 Å². The van der Waals surface area contributed by atoms with Gasteiger partial charge in [-0.05, 0) is 6.42 Å². The minimum Gasteiger partial charge on any atom is -0.384 e. The molecule has 2 aromatic heterocycles. The molecule has 0 amide bonds. The molecule has 0 atom stereocenters. The molecule has 0 aliphatic carbocycles. The molecule has 0 spiro atoms. The highest BCUT2D eigenvalue weighted by Crippen LogP contribution is 2.20. The molecule has 0 radical (unpaired) electrons. The molecule has 0 fully saturated rings. The Bertz CT molecular complexity index is 439. The lowest BCUT2D eigenvalue weighted by Gasteiger charge is -2.02. The summed E-state index contributed by atoms with van der Waals surface area (Å²) in [5.41, 5.74) is 8.49. The van der Waals surface area contributed by atoms with Crippen LogP contribution in [0.5, 0.6) is 0 Å². The van der Waals surface area contributed by atoms with Gasteiger partial charge in [-0.1, -0.05) is 13.3 Å². The van der Waals surface area contributed by atoms with E-state index in [-0.39, 0.29) is 0 Å². The summed E-state index contributed by atoms with van der Waals surface area (Å²) in [5.74, 6) is 1.21. The summed E-state index contributed by atoms with van der Waals surface area (Å²) in [4.78, 5) is 13.6.